The van der Waals surface area contributed by atoms with Gasteiger partial charge < -0.3 is 30.7 Å². The van der Waals surface area contributed by atoms with Crippen molar-refractivity contribution in [2.24, 2.45) is 11.7 Å². The first kappa shape index (κ1) is 30.6. The van der Waals surface area contributed by atoms with Crippen molar-refractivity contribution in [2.75, 3.05) is 13.2 Å². The molecule has 0 radical (unpaired) electrons. The van der Waals surface area contributed by atoms with E-state index in [1.165, 1.54) is 4.90 Å². The van der Waals surface area contributed by atoms with Crippen molar-refractivity contribution < 1.29 is 33.4 Å². The lowest BCUT2D eigenvalue weighted by Gasteiger charge is -2.35. The molecule has 1 saturated carbocycles. The molecule has 1 aliphatic carbocycles. The minimum absolute atomic E-state index is 0.0176. The van der Waals surface area contributed by atoms with Crippen LogP contribution in [0.4, 0.5) is 4.79 Å². The zero-order chi connectivity index (χ0) is 28.5. The van der Waals surface area contributed by atoms with Crippen LogP contribution in [0.25, 0.3) is 0 Å². The molecule has 1 aromatic carbocycles. The van der Waals surface area contributed by atoms with Crippen molar-refractivity contribution in [1.29, 1.82) is 0 Å². The maximum atomic E-state index is 14.0. The predicted octanol–water partition coefficient (Wildman–Crippen LogP) is 2.19. The fourth-order valence-corrected chi connectivity index (χ4v) is 4.04. The number of carbonyl (C=O) groups excluding carboxylic acids is 5. The van der Waals surface area contributed by atoms with Crippen LogP contribution in [0, 0.1) is 5.92 Å². The molecule has 2 rings (SSSR count). The van der Waals surface area contributed by atoms with Gasteiger partial charge in [-0.25, -0.2) is 4.79 Å². The number of ether oxygens (including phenoxy) is 2. The monoisotopic (exact) mass is 532 g/mol. The molecule has 11 heteroatoms. The topological polar surface area (TPSA) is 157 Å². The molecule has 38 heavy (non-hydrogen) atoms. The SMILES string of the molecule is CCOC(=O)CCNC(=O)C(c1ccccc1)N(C(=O)C(CCC(N)=O)NC(=O)OC(C)(C)C)C1CC1C. The Balaban J connectivity index is 2.38. The van der Waals surface area contributed by atoms with Crippen molar-refractivity contribution in [3.8, 4) is 0 Å². The first-order valence-corrected chi connectivity index (χ1v) is 12.9. The molecule has 1 aromatic rings. The van der Waals surface area contributed by atoms with Gasteiger partial charge in [0, 0.05) is 19.0 Å². The number of hydrogen-bond donors (Lipinski definition) is 3. The van der Waals surface area contributed by atoms with E-state index in [9.17, 15) is 24.0 Å². The molecule has 4 unspecified atom stereocenters. The van der Waals surface area contributed by atoms with E-state index in [2.05, 4.69) is 10.6 Å². The fraction of sp³-hybridized carbons (Fsp3) is 0.593. The Morgan fingerprint density at radius 2 is 1.74 bits per heavy atom. The predicted molar refractivity (Wildman–Crippen MR) is 139 cm³/mol. The molecule has 0 saturated heterocycles. The third-order valence-electron chi connectivity index (χ3n) is 5.92. The molecule has 0 spiro atoms. The summed E-state index contributed by atoms with van der Waals surface area (Å²) >= 11 is 0. The van der Waals surface area contributed by atoms with Gasteiger partial charge in [0.25, 0.3) is 0 Å². The third-order valence-corrected chi connectivity index (χ3v) is 5.92. The molecular formula is C27H40N4O7. The minimum atomic E-state index is -1.15. The number of rotatable bonds is 13. The maximum absolute atomic E-state index is 14.0. The number of nitrogens with one attached hydrogen (secondary N) is 2. The van der Waals surface area contributed by atoms with E-state index in [0.717, 1.165) is 0 Å². The van der Waals surface area contributed by atoms with Crippen molar-refractivity contribution in [3.05, 3.63) is 35.9 Å². The molecule has 4 N–H and O–H groups in total. The Bertz CT molecular complexity index is 993. The molecule has 11 nitrogen and oxygen atoms in total. The van der Waals surface area contributed by atoms with Crippen LogP contribution in [0.3, 0.4) is 0 Å². The van der Waals surface area contributed by atoms with Crippen LogP contribution in [-0.2, 0) is 28.7 Å². The van der Waals surface area contributed by atoms with E-state index in [0.29, 0.717) is 12.0 Å². The van der Waals surface area contributed by atoms with E-state index in [4.69, 9.17) is 15.2 Å². The molecule has 0 aromatic heterocycles. The molecule has 1 fully saturated rings. The van der Waals surface area contributed by atoms with E-state index in [1.807, 2.05) is 6.92 Å². The molecule has 0 aliphatic heterocycles. The van der Waals surface area contributed by atoms with Crippen LogP contribution >= 0.6 is 0 Å². The molecule has 210 valence electrons. The summed E-state index contributed by atoms with van der Waals surface area (Å²) in [6, 6.07) is 6.35. The van der Waals surface area contributed by atoms with Gasteiger partial charge in [0.2, 0.25) is 17.7 Å². The van der Waals surface area contributed by atoms with E-state index < -0.39 is 47.5 Å². The lowest BCUT2D eigenvalue weighted by molar-refractivity contribution is -0.145. The van der Waals surface area contributed by atoms with Gasteiger partial charge in [0.1, 0.15) is 17.7 Å². The number of hydrogen-bond acceptors (Lipinski definition) is 7. The van der Waals surface area contributed by atoms with Gasteiger partial charge in [-0.1, -0.05) is 37.3 Å². The first-order chi connectivity index (χ1) is 17.8. The highest BCUT2D eigenvalue weighted by atomic mass is 16.6. The molecule has 1 aliphatic rings. The number of carbonyl (C=O) groups is 5. The van der Waals surface area contributed by atoms with E-state index in [-0.39, 0.29) is 44.4 Å². The standard InChI is InChI=1S/C27H40N4O7/c1-6-37-22(33)14-15-29-24(34)23(18-10-8-7-9-11-18)31(20-16-17(20)2)25(35)19(12-13-21(28)32)30-26(36)38-27(3,4)5/h7-11,17,19-20,23H,6,12-16H2,1-5H3,(H2,28,32)(H,29,34)(H,30,36). The average Bonchev–Trinajstić information content (AvgIpc) is 3.54. The third kappa shape index (κ3) is 9.68. The van der Waals surface area contributed by atoms with Gasteiger partial charge in [-0.2, -0.15) is 0 Å². The smallest absolute Gasteiger partial charge is 0.408 e. The van der Waals surface area contributed by atoms with Crippen LogP contribution in [0.15, 0.2) is 30.3 Å². The highest BCUT2D eigenvalue weighted by Crippen LogP contribution is 2.40. The summed E-state index contributed by atoms with van der Waals surface area (Å²) in [5.41, 5.74) is 5.09. The summed E-state index contributed by atoms with van der Waals surface area (Å²) in [5, 5.41) is 5.32. The normalized spacial score (nSPS) is 17.9. The highest BCUT2D eigenvalue weighted by Gasteiger charge is 2.48. The van der Waals surface area contributed by atoms with Crippen LogP contribution in [-0.4, -0.2) is 65.5 Å². The zero-order valence-corrected chi connectivity index (χ0v) is 22.8. The summed E-state index contributed by atoms with van der Waals surface area (Å²) in [7, 11) is 0. The number of primary amides is 1. The second-order valence-electron chi connectivity index (χ2n) is 10.4. The number of esters is 1. The summed E-state index contributed by atoms with van der Waals surface area (Å²) in [6.45, 7) is 9.00. The van der Waals surface area contributed by atoms with Crippen molar-refractivity contribution in [1.82, 2.24) is 15.5 Å². The van der Waals surface area contributed by atoms with Crippen molar-refractivity contribution >= 4 is 29.8 Å². The zero-order valence-electron chi connectivity index (χ0n) is 22.8. The Morgan fingerprint density at radius 3 is 2.26 bits per heavy atom. The van der Waals surface area contributed by atoms with Gasteiger partial charge in [-0.05, 0) is 52.0 Å². The van der Waals surface area contributed by atoms with Crippen molar-refractivity contribution in [2.45, 2.75) is 84.0 Å². The number of benzene rings is 1. The lowest BCUT2D eigenvalue weighted by Crippen LogP contribution is -2.54. The van der Waals surface area contributed by atoms with Crippen molar-refractivity contribution in [3.63, 3.8) is 0 Å². The van der Waals surface area contributed by atoms with E-state index >= 15 is 0 Å². The number of nitrogens with two attached hydrogens (primary N) is 1. The Hall–Kier alpha value is -3.63. The van der Waals surface area contributed by atoms with Gasteiger partial charge >= 0.3 is 12.1 Å². The summed E-state index contributed by atoms with van der Waals surface area (Å²) in [6.07, 6.45) is -0.380. The molecule has 4 amide bonds. The van der Waals surface area contributed by atoms with Gasteiger partial charge in [0.15, 0.2) is 0 Å². The van der Waals surface area contributed by atoms with Crippen LogP contribution in [0.2, 0.25) is 0 Å². The second kappa shape index (κ2) is 13.8. The Kier molecular flexibility index (Phi) is 11.1. The van der Waals surface area contributed by atoms with Gasteiger partial charge in [-0.15, -0.1) is 0 Å². The van der Waals surface area contributed by atoms with Crippen LogP contribution in [0.5, 0.6) is 0 Å². The van der Waals surface area contributed by atoms with Gasteiger partial charge in [-0.3, -0.25) is 19.2 Å². The number of alkyl carbamates (subject to hydrolysis) is 1. The molecule has 4 atom stereocenters. The maximum Gasteiger partial charge on any atom is 0.408 e. The summed E-state index contributed by atoms with van der Waals surface area (Å²) in [4.78, 5) is 64.9. The van der Waals surface area contributed by atoms with Crippen LogP contribution < -0.4 is 16.4 Å². The lowest BCUT2D eigenvalue weighted by atomic mass is 10.0. The fourth-order valence-electron chi connectivity index (χ4n) is 4.04. The highest BCUT2D eigenvalue weighted by molar-refractivity contribution is 5.93. The molecule has 0 heterocycles. The average molecular weight is 533 g/mol. The second-order valence-corrected chi connectivity index (χ2v) is 10.4. The number of amides is 4. The van der Waals surface area contributed by atoms with Gasteiger partial charge in [0.05, 0.1) is 13.0 Å². The van der Waals surface area contributed by atoms with E-state index in [1.54, 1.807) is 58.0 Å². The quantitative estimate of drug-likeness (QED) is 0.329. The molecule has 0 bridgehead atoms. The Morgan fingerprint density at radius 1 is 1.11 bits per heavy atom. The molecular weight excluding hydrogens is 492 g/mol. The number of nitrogens with zero attached hydrogens (tertiary/aromatic N) is 1. The Labute approximate surface area is 223 Å². The largest absolute Gasteiger partial charge is 0.466 e. The first-order valence-electron chi connectivity index (χ1n) is 12.9. The summed E-state index contributed by atoms with van der Waals surface area (Å²) < 4.78 is 10.3. The van der Waals surface area contributed by atoms with Crippen LogP contribution in [0.1, 0.15) is 71.9 Å². The summed E-state index contributed by atoms with van der Waals surface area (Å²) in [5.74, 6) is -1.95. The minimum Gasteiger partial charge on any atom is -0.466 e.